The Hall–Kier alpha value is -3.66. The first-order valence-corrected chi connectivity index (χ1v) is 7.83. The molecule has 0 spiro atoms. The fraction of sp³-hybridized carbons (Fsp3) is 0.158. The summed E-state index contributed by atoms with van der Waals surface area (Å²) in [5, 5.41) is 23.1. The summed E-state index contributed by atoms with van der Waals surface area (Å²) in [7, 11) is 1.47. The molecule has 0 atom stereocenters. The lowest BCUT2D eigenvalue weighted by molar-refractivity contribution is -0.385. The monoisotopic (exact) mass is 351 g/mol. The van der Waals surface area contributed by atoms with Crippen molar-refractivity contribution in [2.24, 2.45) is 0 Å². The number of nitrogens with zero attached hydrogens (tertiary/aromatic N) is 2. The number of methoxy groups -OCH3 is 1. The zero-order valence-electron chi connectivity index (χ0n) is 14.4. The molecule has 1 amide bonds. The van der Waals surface area contributed by atoms with Crippen LogP contribution in [0.5, 0.6) is 5.75 Å². The van der Waals surface area contributed by atoms with E-state index in [1.807, 2.05) is 13.0 Å². The van der Waals surface area contributed by atoms with Gasteiger partial charge in [-0.1, -0.05) is 31.2 Å². The Kier molecular flexibility index (Phi) is 6.06. The number of nitro groups is 1. The lowest BCUT2D eigenvalue weighted by atomic mass is 10.0. The highest BCUT2D eigenvalue weighted by Crippen LogP contribution is 2.25. The number of anilines is 1. The highest BCUT2D eigenvalue weighted by Gasteiger charge is 2.15. The van der Waals surface area contributed by atoms with Gasteiger partial charge in [0.15, 0.2) is 0 Å². The van der Waals surface area contributed by atoms with Crippen LogP contribution in [-0.4, -0.2) is 17.9 Å². The van der Waals surface area contributed by atoms with Crippen LogP contribution in [0.1, 0.15) is 18.1 Å². The number of amides is 1. The standard InChI is InChI=1S/C19H17N3O4/c1-3-14-9-8-13(11-17(14)22(24)25)10-15(12-20)19(23)21-16-6-4-5-7-18(16)26-2/h4-11H,3H2,1-2H3,(H,21,23)/b15-10+. The second-order valence-electron chi connectivity index (χ2n) is 5.32. The number of nitriles is 1. The van der Waals surface area contributed by atoms with Gasteiger partial charge in [0.1, 0.15) is 17.4 Å². The summed E-state index contributed by atoms with van der Waals surface area (Å²) < 4.78 is 5.15. The summed E-state index contributed by atoms with van der Waals surface area (Å²) in [6.07, 6.45) is 1.83. The molecule has 0 aliphatic heterocycles. The van der Waals surface area contributed by atoms with Gasteiger partial charge in [0.2, 0.25) is 0 Å². The first-order chi connectivity index (χ1) is 12.5. The number of hydrogen-bond acceptors (Lipinski definition) is 5. The van der Waals surface area contributed by atoms with Crippen molar-refractivity contribution in [3.8, 4) is 11.8 Å². The van der Waals surface area contributed by atoms with E-state index >= 15 is 0 Å². The number of aryl methyl sites for hydroxylation is 1. The topological polar surface area (TPSA) is 105 Å². The van der Waals surface area contributed by atoms with Crippen LogP contribution in [-0.2, 0) is 11.2 Å². The second kappa shape index (κ2) is 8.44. The molecule has 7 nitrogen and oxygen atoms in total. The third-order valence-electron chi connectivity index (χ3n) is 3.72. The smallest absolute Gasteiger partial charge is 0.273 e. The maximum Gasteiger partial charge on any atom is 0.273 e. The Morgan fingerprint density at radius 1 is 1.35 bits per heavy atom. The molecule has 2 rings (SSSR count). The highest BCUT2D eigenvalue weighted by atomic mass is 16.6. The average Bonchev–Trinajstić information content (AvgIpc) is 2.66. The number of hydrogen-bond donors (Lipinski definition) is 1. The normalized spacial score (nSPS) is 10.7. The molecular weight excluding hydrogens is 334 g/mol. The SMILES string of the molecule is CCc1ccc(/C=C(\C#N)C(=O)Nc2ccccc2OC)cc1[N+](=O)[O-]. The predicted molar refractivity (Wildman–Crippen MR) is 97.7 cm³/mol. The lowest BCUT2D eigenvalue weighted by Crippen LogP contribution is -2.14. The molecule has 0 fully saturated rings. The fourth-order valence-electron chi connectivity index (χ4n) is 2.39. The zero-order chi connectivity index (χ0) is 19.1. The van der Waals surface area contributed by atoms with Gasteiger partial charge >= 0.3 is 0 Å². The van der Waals surface area contributed by atoms with Crippen molar-refractivity contribution in [1.29, 1.82) is 5.26 Å². The molecule has 1 N–H and O–H groups in total. The van der Waals surface area contributed by atoms with Crippen LogP contribution in [0.3, 0.4) is 0 Å². The van der Waals surface area contributed by atoms with Crippen molar-refractivity contribution in [1.82, 2.24) is 0 Å². The van der Waals surface area contributed by atoms with E-state index in [0.29, 0.717) is 29.0 Å². The molecule has 0 aliphatic rings. The Morgan fingerprint density at radius 2 is 2.08 bits per heavy atom. The molecule has 0 saturated carbocycles. The minimum atomic E-state index is -0.626. The van der Waals surface area contributed by atoms with Gasteiger partial charge in [0.25, 0.3) is 11.6 Å². The minimum absolute atomic E-state index is 0.0383. The molecule has 0 saturated heterocycles. The van der Waals surface area contributed by atoms with Crippen molar-refractivity contribution >= 4 is 23.4 Å². The van der Waals surface area contributed by atoms with Gasteiger partial charge in [-0.2, -0.15) is 5.26 Å². The van der Waals surface area contributed by atoms with E-state index in [1.165, 1.54) is 19.3 Å². The number of nitro benzene ring substituents is 1. The summed E-state index contributed by atoms with van der Waals surface area (Å²) in [4.78, 5) is 23.1. The van der Waals surface area contributed by atoms with Crippen LogP contribution in [0, 0.1) is 21.4 Å². The predicted octanol–water partition coefficient (Wildman–Crippen LogP) is 3.71. The van der Waals surface area contributed by atoms with Crippen LogP contribution in [0.25, 0.3) is 6.08 Å². The first kappa shape index (κ1) is 18.7. The minimum Gasteiger partial charge on any atom is -0.495 e. The molecule has 2 aromatic carbocycles. The third kappa shape index (κ3) is 4.24. The number of rotatable bonds is 6. The van der Waals surface area contributed by atoms with Crippen LogP contribution in [0.4, 0.5) is 11.4 Å². The quantitative estimate of drug-likeness (QED) is 0.370. The molecule has 0 aliphatic carbocycles. The van der Waals surface area contributed by atoms with Gasteiger partial charge in [0.05, 0.1) is 17.7 Å². The molecular formula is C19H17N3O4. The molecule has 0 radical (unpaired) electrons. The van der Waals surface area contributed by atoms with E-state index < -0.39 is 10.8 Å². The molecule has 2 aromatic rings. The van der Waals surface area contributed by atoms with E-state index in [0.717, 1.165) is 0 Å². The van der Waals surface area contributed by atoms with Gasteiger partial charge in [0, 0.05) is 11.6 Å². The Morgan fingerprint density at radius 3 is 2.69 bits per heavy atom. The Bertz CT molecular complexity index is 913. The molecule has 0 heterocycles. The van der Waals surface area contributed by atoms with Crippen LogP contribution in [0.15, 0.2) is 48.0 Å². The van der Waals surface area contributed by atoms with Gasteiger partial charge in [-0.3, -0.25) is 14.9 Å². The number of benzene rings is 2. The molecule has 0 bridgehead atoms. The summed E-state index contributed by atoms with van der Waals surface area (Å²) in [6.45, 7) is 1.82. The first-order valence-electron chi connectivity index (χ1n) is 7.83. The summed E-state index contributed by atoms with van der Waals surface area (Å²) in [5.41, 5.74) is 1.20. The van der Waals surface area contributed by atoms with E-state index in [1.54, 1.807) is 36.4 Å². The van der Waals surface area contributed by atoms with E-state index in [2.05, 4.69) is 5.32 Å². The van der Waals surface area contributed by atoms with Gasteiger partial charge in [-0.15, -0.1) is 0 Å². The summed E-state index contributed by atoms with van der Waals surface area (Å²) in [6, 6.07) is 13.2. The maximum absolute atomic E-state index is 12.4. The van der Waals surface area contributed by atoms with Crippen LogP contribution in [0.2, 0.25) is 0 Å². The molecule has 0 aromatic heterocycles. The van der Waals surface area contributed by atoms with Crippen LogP contribution >= 0.6 is 0 Å². The lowest BCUT2D eigenvalue weighted by Gasteiger charge is -2.09. The number of carbonyl (C=O) groups excluding carboxylic acids is 1. The number of carbonyl (C=O) groups is 1. The number of ether oxygens (including phenoxy) is 1. The van der Waals surface area contributed by atoms with Crippen molar-refractivity contribution in [2.45, 2.75) is 13.3 Å². The summed E-state index contributed by atoms with van der Waals surface area (Å²) in [5.74, 6) is -0.166. The van der Waals surface area contributed by atoms with Gasteiger partial charge < -0.3 is 10.1 Å². The molecule has 26 heavy (non-hydrogen) atoms. The van der Waals surface area contributed by atoms with Gasteiger partial charge in [-0.25, -0.2) is 0 Å². The van der Waals surface area contributed by atoms with E-state index in [9.17, 15) is 20.2 Å². The fourth-order valence-corrected chi connectivity index (χ4v) is 2.39. The summed E-state index contributed by atoms with van der Waals surface area (Å²) >= 11 is 0. The van der Waals surface area contributed by atoms with Crippen molar-refractivity contribution < 1.29 is 14.5 Å². The zero-order valence-corrected chi connectivity index (χ0v) is 14.4. The van der Waals surface area contributed by atoms with Crippen molar-refractivity contribution in [2.75, 3.05) is 12.4 Å². The van der Waals surface area contributed by atoms with Crippen LogP contribution < -0.4 is 10.1 Å². The largest absolute Gasteiger partial charge is 0.495 e. The van der Waals surface area contributed by atoms with Crippen molar-refractivity contribution in [3.05, 3.63) is 69.3 Å². The number of para-hydroxylation sites is 2. The van der Waals surface area contributed by atoms with Crippen molar-refractivity contribution in [3.63, 3.8) is 0 Å². The highest BCUT2D eigenvalue weighted by molar-refractivity contribution is 6.10. The molecule has 7 heteroatoms. The van der Waals surface area contributed by atoms with Gasteiger partial charge in [-0.05, 0) is 30.2 Å². The third-order valence-corrected chi connectivity index (χ3v) is 3.72. The second-order valence-corrected chi connectivity index (χ2v) is 5.32. The Balaban J connectivity index is 2.33. The number of nitrogens with one attached hydrogen (secondary N) is 1. The van der Waals surface area contributed by atoms with E-state index in [-0.39, 0.29) is 11.3 Å². The molecule has 132 valence electrons. The molecule has 0 unspecified atom stereocenters. The average molecular weight is 351 g/mol. The Labute approximate surface area is 150 Å². The van der Waals surface area contributed by atoms with E-state index in [4.69, 9.17) is 4.74 Å². The maximum atomic E-state index is 12.4.